The predicted molar refractivity (Wildman–Crippen MR) is 105 cm³/mol. The maximum absolute atomic E-state index is 12.8. The highest BCUT2D eigenvalue weighted by atomic mass is 32.2. The van der Waals surface area contributed by atoms with Crippen LogP contribution in [0.5, 0.6) is 0 Å². The fraction of sp³-hybridized carbons (Fsp3) is 0.235. The van der Waals surface area contributed by atoms with Crippen LogP contribution >= 0.6 is 12.2 Å². The third-order valence-corrected chi connectivity index (χ3v) is 6.24. The van der Waals surface area contributed by atoms with E-state index in [0.717, 1.165) is 0 Å². The highest BCUT2D eigenvalue weighted by molar-refractivity contribution is 7.89. The van der Waals surface area contributed by atoms with Crippen molar-refractivity contribution < 1.29 is 12.8 Å². The number of nitrogens with zero attached hydrogens (tertiary/aromatic N) is 4. The standard InChI is InChI=1S/C17H19N5O3S2/c1-3-21(4-2)27(23,24)15-9-5-7-13(11-15)16-19-20-17(26)22(16)18-12-14-8-6-10-25-14/h5-12H,3-4H2,1-2H3,(H,20,26)/b18-12-. The molecule has 0 saturated heterocycles. The summed E-state index contributed by atoms with van der Waals surface area (Å²) < 4.78 is 33.9. The van der Waals surface area contributed by atoms with E-state index < -0.39 is 10.0 Å². The van der Waals surface area contributed by atoms with Crippen molar-refractivity contribution in [2.24, 2.45) is 5.10 Å². The number of hydrogen-bond donors (Lipinski definition) is 1. The first-order valence-corrected chi connectivity index (χ1v) is 10.2. The second-order valence-electron chi connectivity index (χ2n) is 5.54. The van der Waals surface area contributed by atoms with Gasteiger partial charge in [-0.05, 0) is 36.5 Å². The van der Waals surface area contributed by atoms with Crippen molar-refractivity contribution in [1.29, 1.82) is 0 Å². The third kappa shape index (κ3) is 3.92. The molecule has 10 heteroatoms. The van der Waals surface area contributed by atoms with Gasteiger partial charge in [0.25, 0.3) is 0 Å². The molecule has 1 aromatic carbocycles. The Morgan fingerprint density at radius 3 is 2.74 bits per heavy atom. The minimum atomic E-state index is -3.58. The summed E-state index contributed by atoms with van der Waals surface area (Å²) in [4.78, 5) is 0.194. The van der Waals surface area contributed by atoms with Crippen LogP contribution in [0.4, 0.5) is 0 Å². The first kappa shape index (κ1) is 19.2. The highest BCUT2D eigenvalue weighted by Crippen LogP contribution is 2.23. The van der Waals surface area contributed by atoms with Crippen molar-refractivity contribution in [3.8, 4) is 11.4 Å². The molecule has 0 bridgehead atoms. The normalized spacial score (nSPS) is 12.3. The van der Waals surface area contributed by atoms with Gasteiger partial charge in [-0.3, -0.25) is 0 Å². The molecule has 0 fully saturated rings. The number of H-pyrrole nitrogens is 1. The predicted octanol–water partition coefficient (Wildman–Crippen LogP) is 3.11. The van der Waals surface area contributed by atoms with Crippen molar-refractivity contribution in [3.05, 3.63) is 53.2 Å². The first-order chi connectivity index (χ1) is 13.0. The van der Waals surface area contributed by atoms with Gasteiger partial charge in [-0.25, -0.2) is 13.5 Å². The van der Waals surface area contributed by atoms with Crippen LogP contribution in [0.25, 0.3) is 11.4 Å². The molecule has 0 unspecified atom stereocenters. The Morgan fingerprint density at radius 2 is 2.07 bits per heavy atom. The van der Waals surface area contributed by atoms with Gasteiger partial charge < -0.3 is 4.42 Å². The molecule has 3 rings (SSSR count). The summed E-state index contributed by atoms with van der Waals surface area (Å²) in [6.07, 6.45) is 3.05. The number of aromatic nitrogens is 3. The Hall–Kier alpha value is -2.56. The lowest BCUT2D eigenvalue weighted by Crippen LogP contribution is -2.30. The second kappa shape index (κ2) is 7.99. The summed E-state index contributed by atoms with van der Waals surface area (Å²) >= 11 is 5.23. The minimum absolute atomic E-state index is 0.194. The van der Waals surface area contributed by atoms with Gasteiger partial charge in [0.2, 0.25) is 14.8 Å². The Labute approximate surface area is 162 Å². The van der Waals surface area contributed by atoms with Gasteiger partial charge in [0.1, 0.15) is 5.76 Å². The number of rotatable bonds is 7. The smallest absolute Gasteiger partial charge is 0.243 e. The average Bonchev–Trinajstić information content (AvgIpc) is 3.30. The van der Waals surface area contributed by atoms with Crippen LogP contribution in [0.1, 0.15) is 19.6 Å². The van der Waals surface area contributed by atoms with Gasteiger partial charge in [-0.1, -0.05) is 26.0 Å². The van der Waals surface area contributed by atoms with E-state index in [4.69, 9.17) is 16.6 Å². The Bertz CT molecular complexity index is 1090. The molecule has 3 aromatic rings. The maximum Gasteiger partial charge on any atom is 0.243 e. The Balaban J connectivity index is 2.03. The molecule has 0 aliphatic rings. The number of furan rings is 1. The van der Waals surface area contributed by atoms with Crippen LogP contribution in [0.2, 0.25) is 0 Å². The summed E-state index contributed by atoms with van der Waals surface area (Å²) in [5, 5.41) is 11.2. The van der Waals surface area contributed by atoms with Crippen molar-refractivity contribution in [2.75, 3.05) is 13.1 Å². The zero-order valence-electron chi connectivity index (χ0n) is 14.9. The lowest BCUT2D eigenvalue weighted by Gasteiger charge is -2.18. The fourth-order valence-electron chi connectivity index (χ4n) is 2.57. The van der Waals surface area contributed by atoms with E-state index in [-0.39, 0.29) is 9.67 Å². The van der Waals surface area contributed by atoms with Crippen molar-refractivity contribution in [3.63, 3.8) is 0 Å². The third-order valence-electron chi connectivity index (χ3n) is 3.93. The van der Waals surface area contributed by atoms with E-state index >= 15 is 0 Å². The zero-order chi connectivity index (χ0) is 19.4. The minimum Gasteiger partial charge on any atom is -0.463 e. The van der Waals surface area contributed by atoms with Crippen LogP contribution in [0.3, 0.4) is 0 Å². The summed E-state index contributed by atoms with van der Waals surface area (Å²) in [6.45, 7) is 4.41. The molecule has 27 heavy (non-hydrogen) atoms. The van der Waals surface area contributed by atoms with Gasteiger partial charge in [-0.2, -0.15) is 19.2 Å². The SMILES string of the molecule is CCN(CC)S(=O)(=O)c1cccc(-c2n[nH]c(=S)n2/N=C\c2ccco2)c1. The highest BCUT2D eigenvalue weighted by Gasteiger charge is 2.22. The van der Waals surface area contributed by atoms with E-state index in [1.165, 1.54) is 15.2 Å². The lowest BCUT2D eigenvalue weighted by atomic mass is 10.2. The zero-order valence-corrected chi connectivity index (χ0v) is 16.5. The van der Waals surface area contributed by atoms with Crippen molar-refractivity contribution >= 4 is 28.5 Å². The molecular formula is C17H19N5O3S2. The Kier molecular flexibility index (Phi) is 5.68. The molecule has 0 saturated carbocycles. The molecule has 1 N–H and O–H groups in total. The summed E-state index contributed by atoms with van der Waals surface area (Å²) in [5.41, 5.74) is 0.576. The van der Waals surface area contributed by atoms with Crippen LogP contribution in [-0.4, -0.2) is 46.9 Å². The van der Waals surface area contributed by atoms with Gasteiger partial charge >= 0.3 is 0 Å². The van der Waals surface area contributed by atoms with E-state index in [0.29, 0.717) is 30.2 Å². The molecule has 0 aliphatic heterocycles. The summed E-state index contributed by atoms with van der Waals surface area (Å²) in [6, 6.07) is 10.1. The molecule has 2 heterocycles. The molecule has 142 valence electrons. The quantitative estimate of drug-likeness (QED) is 0.481. The number of hydrogen-bond acceptors (Lipinski definition) is 6. The molecular weight excluding hydrogens is 386 g/mol. The molecule has 0 aliphatic carbocycles. The van der Waals surface area contributed by atoms with E-state index in [2.05, 4.69) is 15.3 Å². The van der Waals surface area contributed by atoms with Crippen molar-refractivity contribution in [2.45, 2.75) is 18.7 Å². The molecule has 0 atom stereocenters. The largest absolute Gasteiger partial charge is 0.463 e. The average molecular weight is 406 g/mol. The monoisotopic (exact) mass is 405 g/mol. The topological polar surface area (TPSA) is 96.5 Å². The number of sulfonamides is 1. The van der Waals surface area contributed by atoms with Crippen molar-refractivity contribution in [1.82, 2.24) is 19.2 Å². The maximum atomic E-state index is 12.8. The van der Waals surface area contributed by atoms with Crippen LogP contribution < -0.4 is 0 Å². The van der Waals surface area contributed by atoms with Gasteiger partial charge in [-0.15, -0.1) is 0 Å². The van der Waals surface area contributed by atoms with Crippen LogP contribution in [-0.2, 0) is 10.0 Å². The van der Waals surface area contributed by atoms with Gasteiger partial charge in [0, 0.05) is 18.7 Å². The molecule has 0 radical (unpaired) electrons. The number of aromatic amines is 1. The Morgan fingerprint density at radius 1 is 1.30 bits per heavy atom. The molecule has 2 aromatic heterocycles. The van der Waals surface area contributed by atoms with Gasteiger partial charge in [0.15, 0.2) is 5.82 Å². The summed E-state index contributed by atoms with van der Waals surface area (Å²) in [7, 11) is -3.58. The first-order valence-electron chi connectivity index (χ1n) is 8.33. The van der Waals surface area contributed by atoms with E-state index in [1.807, 2.05) is 0 Å². The number of benzene rings is 1. The lowest BCUT2D eigenvalue weighted by molar-refractivity contribution is 0.445. The number of nitrogens with one attached hydrogen (secondary N) is 1. The van der Waals surface area contributed by atoms with Crippen LogP contribution in [0.15, 0.2) is 57.1 Å². The molecule has 0 amide bonds. The fourth-order valence-corrected chi connectivity index (χ4v) is 4.26. The van der Waals surface area contributed by atoms with Gasteiger partial charge in [0.05, 0.1) is 17.4 Å². The van der Waals surface area contributed by atoms with E-state index in [9.17, 15) is 8.42 Å². The molecule has 8 nitrogen and oxygen atoms in total. The van der Waals surface area contributed by atoms with E-state index in [1.54, 1.807) is 56.5 Å². The second-order valence-corrected chi connectivity index (χ2v) is 7.87. The van der Waals surface area contributed by atoms with Crippen LogP contribution in [0, 0.1) is 4.77 Å². The molecule has 0 spiro atoms. The summed E-state index contributed by atoms with van der Waals surface area (Å²) in [5.74, 6) is 0.960.